The molecule has 3 nitrogen and oxygen atoms in total. The topological polar surface area (TPSA) is 38.0 Å². The number of aromatic nitrogens is 2. The Hall–Kier alpha value is -0.650. The van der Waals surface area contributed by atoms with Crippen LogP contribution in [0.5, 0.6) is 0 Å². The average molecular weight is 301 g/mol. The fourth-order valence-electron chi connectivity index (χ4n) is 1.70. The highest BCUT2D eigenvalue weighted by atomic mass is 79.9. The summed E-state index contributed by atoms with van der Waals surface area (Å²) in [5, 5.41) is 13.7. The minimum absolute atomic E-state index is 0.0613. The fraction of sp³-hybridized carbons (Fsp3) is 0.364. The Morgan fingerprint density at radius 1 is 1.44 bits per heavy atom. The molecule has 2 aromatic rings. The molecule has 0 aliphatic carbocycles. The molecule has 5 heteroatoms. The first kappa shape index (κ1) is 11.8. The van der Waals surface area contributed by atoms with Gasteiger partial charge in [0.05, 0.1) is 22.6 Å². The van der Waals surface area contributed by atoms with Gasteiger partial charge in [0.25, 0.3) is 0 Å². The lowest BCUT2D eigenvalue weighted by Gasteiger charge is -2.02. The minimum atomic E-state index is 0.0613. The summed E-state index contributed by atoms with van der Waals surface area (Å²) in [4.78, 5) is 1.25. The van der Waals surface area contributed by atoms with Gasteiger partial charge in [-0.25, -0.2) is 0 Å². The molecular formula is C11H13BrN2OS. The van der Waals surface area contributed by atoms with Gasteiger partial charge in [0.1, 0.15) is 0 Å². The molecule has 0 spiro atoms. The van der Waals surface area contributed by atoms with Crippen LogP contribution in [0, 0.1) is 13.8 Å². The van der Waals surface area contributed by atoms with E-state index in [2.05, 4.69) is 27.1 Å². The van der Waals surface area contributed by atoms with Gasteiger partial charge < -0.3 is 5.11 Å². The second kappa shape index (κ2) is 4.69. The van der Waals surface area contributed by atoms with Crippen molar-refractivity contribution in [2.45, 2.75) is 27.0 Å². The predicted molar refractivity (Wildman–Crippen MR) is 68.7 cm³/mol. The summed E-state index contributed by atoms with van der Waals surface area (Å²) in [6, 6.07) is 4.13. The van der Waals surface area contributed by atoms with Crippen molar-refractivity contribution in [3.63, 3.8) is 0 Å². The number of aliphatic hydroxyl groups is 1. The molecule has 0 fully saturated rings. The first-order chi connectivity index (χ1) is 7.61. The number of halogens is 1. The van der Waals surface area contributed by atoms with Crippen molar-refractivity contribution in [2.75, 3.05) is 0 Å². The van der Waals surface area contributed by atoms with Crippen LogP contribution in [0.4, 0.5) is 0 Å². The lowest BCUT2D eigenvalue weighted by molar-refractivity contribution is 0.280. The first-order valence-electron chi connectivity index (χ1n) is 4.99. The van der Waals surface area contributed by atoms with Crippen molar-refractivity contribution >= 4 is 27.3 Å². The van der Waals surface area contributed by atoms with Crippen molar-refractivity contribution in [1.29, 1.82) is 0 Å². The Labute approximate surface area is 107 Å². The predicted octanol–water partition coefficient (Wildman–Crippen LogP) is 2.86. The molecule has 0 bridgehead atoms. The molecule has 86 valence electrons. The lowest BCUT2D eigenvalue weighted by Crippen LogP contribution is -2.02. The van der Waals surface area contributed by atoms with Gasteiger partial charge in [-0.1, -0.05) is 0 Å². The molecule has 0 saturated heterocycles. The number of rotatable bonds is 3. The number of thiophene rings is 1. The van der Waals surface area contributed by atoms with Gasteiger partial charge in [0.15, 0.2) is 0 Å². The van der Waals surface area contributed by atoms with E-state index in [1.807, 2.05) is 24.6 Å². The molecule has 0 saturated carbocycles. The van der Waals surface area contributed by atoms with Gasteiger partial charge in [0, 0.05) is 16.1 Å². The molecule has 2 rings (SSSR count). The van der Waals surface area contributed by atoms with Gasteiger partial charge in [-0.15, -0.1) is 11.3 Å². The summed E-state index contributed by atoms with van der Waals surface area (Å²) >= 11 is 5.15. The van der Waals surface area contributed by atoms with E-state index < -0.39 is 0 Å². The maximum Gasteiger partial charge on any atom is 0.0755 e. The van der Waals surface area contributed by atoms with Crippen LogP contribution in [-0.2, 0) is 13.2 Å². The minimum Gasteiger partial charge on any atom is -0.392 e. The number of hydrogen-bond donors (Lipinski definition) is 1. The van der Waals surface area contributed by atoms with Crippen molar-refractivity contribution in [3.8, 4) is 0 Å². The van der Waals surface area contributed by atoms with Crippen molar-refractivity contribution < 1.29 is 5.11 Å². The number of aryl methyl sites for hydroxylation is 1. The Morgan fingerprint density at radius 2 is 2.19 bits per heavy atom. The zero-order valence-electron chi connectivity index (χ0n) is 9.20. The summed E-state index contributed by atoms with van der Waals surface area (Å²) in [6.45, 7) is 4.75. The molecule has 0 atom stereocenters. The molecule has 1 N–H and O–H groups in total. The van der Waals surface area contributed by atoms with Gasteiger partial charge in [-0.3, -0.25) is 4.68 Å². The van der Waals surface area contributed by atoms with Crippen LogP contribution in [0.1, 0.15) is 21.8 Å². The normalized spacial score (nSPS) is 11.0. The average Bonchev–Trinajstić information content (AvgIpc) is 2.74. The maximum absolute atomic E-state index is 9.22. The van der Waals surface area contributed by atoms with E-state index in [0.717, 1.165) is 27.3 Å². The van der Waals surface area contributed by atoms with Crippen LogP contribution in [0.3, 0.4) is 0 Å². The van der Waals surface area contributed by atoms with E-state index in [9.17, 15) is 5.11 Å². The van der Waals surface area contributed by atoms with Crippen molar-refractivity contribution in [1.82, 2.24) is 9.78 Å². The second-order valence-electron chi connectivity index (χ2n) is 3.67. The third-order valence-corrected chi connectivity index (χ3v) is 4.23. The van der Waals surface area contributed by atoms with Crippen LogP contribution in [0.25, 0.3) is 0 Å². The molecule has 0 radical (unpaired) electrons. The van der Waals surface area contributed by atoms with E-state index >= 15 is 0 Å². The van der Waals surface area contributed by atoms with E-state index in [0.29, 0.717) is 0 Å². The van der Waals surface area contributed by atoms with Gasteiger partial charge in [-0.05, 0) is 41.9 Å². The summed E-state index contributed by atoms with van der Waals surface area (Å²) in [5.41, 5.74) is 2.90. The summed E-state index contributed by atoms with van der Waals surface area (Å²) in [7, 11) is 0. The van der Waals surface area contributed by atoms with Crippen molar-refractivity contribution in [3.05, 3.63) is 37.7 Å². The summed E-state index contributed by atoms with van der Waals surface area (Å²) < 4.78 is 3.07. The van der Waals surface area contributed by atoms with Crippen LogP contribution in [-0.4, -0.2) is 14.9 Å². The highest BCUT2D eigenvalue weighted by Gasteiger charge is 2.11. The molecule has 0 aromatic carbocycles. The zero-order valence-corrected chi connectivity index (χ0v) is 11.6. The molecular weight excluding hydrogens is 288 g/mol. The smallest absolute Gasteiger partial charge is 0.0755 e. The fourth-order valence-corrected chi connectivity index (χ4v) is 3.17. The first-order valence-corrected chi connectivity index (χ1v) is 6.60. The third kappa shape index (κ3) is 2.21. The van der Waals surface area contributed by atoms with Crippen LogP contribution in [0.2, 0.25) is 0 Å². The quantitative estimate of drug-likeness (QED) is 0.946. The van der Waals surface area contributed by atoms with E-state index in [-0.39, 0.29) is 6.61 Å². The summed E-state index contributed by atoms with van der Waals surface area (Å²) in [6.07, 6.45) is 0. The van der Waals surface area contributed by atoms with Gasteiger partial charge >= 0.3 is 0 Å². The van der Waals surface area contributed by atoms with Crippen LogP contribution >= 0.6 is 27.3 Å². The summed E-state index contributed by atoms with van der Waals surface area (Å²) in [5.74, 6) is 0. The standard InChI is InChI=1S/C11H13BrN2OS/c1-7-10(6-15)8(2)14(13-7)5-9-3-4-11(12)16-9/h3-4,15H,5-6H2,1-2H3. The number of hydrogen-bond acceptors (Lipinski definition) is 3. The Morgan fingerprint density at radius 3 is 2.69 bits per heavy atom. The molecule has 16 heavy (non-hydrogen) atoms. The molecule has 0 amide bonds. The maximum atomic E-state index is 9.22. The molecule has 2 heterocycles. The highest BCUT2D eigenvalue weighted by Crippen LogP contribution is 2.23. The monoisotopic (exact) mass is 300 g/mol. The third-order valence-electron chi connectivity index (χ3n) is 2.62. The Kier molecular flexibility index (Phi) is 3.47. The number of nitrogens with zero attached hydrogens (tertiary/aromatic N) is 2. The SMILES string of the molecule is Cc1nn(Cc2ccc(Br)s2)c(C)c1CO. The zero-order chi connectivity index (χ0) is 11.7. The second-order valence-corrected chi connectivity index (χ2v) is 6.22. The Balaban J connectivity index is 2.28. The van der Waals surface area contributed by atoms with Gasteiger partial charge in [-0.2, -0.15) is 5.10 Å². The Bertz CT molecular complexity index is 504. The lowest BCUT2D eigenvalue weighted by atomic mass is 10.2. The molecule has 0 unspecified atom stereocenters. The van der Waals surface area contributed by atoms with Crippen molar-refractivity contribution in [2.24, 2.45) is 0 Å². The molecule has 2 aromatic heterocycles. The van der Waals surface area contributed by atoms with Crippen LogP contribution < -0.4 is 0 Å². The van der Waals surface area contributed by atoms with Gasteiger partial charge in [0.2, 0.25) is 0 Å². The molecule has 0 aliphatic rings. The van der Waals surface area contributed by atoms with Crippen LogP contribution in [0.15, 0.2) is 15.9 Å². The van der Waals surface area contributed by atoms with E-state index in [4.69, 9.17) is 0 Å². The van der Waals surface area contributed by atoms with E-state index in [1.54, 1.807) is 11.3 Å². The number of aliphatic hydroxyl groups excluding tert-OH is 1. The van der Waals surface area contributed by atoms with E-state index in [1.165, 1.54) is 4.88 Å². The molecule has 0 aliphatic heterocycles. The highest BCUT2D eigenvalue weighted by molar-refractivity contribution is 9.11. The largest absolute Gasteiger partial charge is 0.392 e.